The predicted octanol–water partition coefficient (Wildman–Crippen LogP) is 6.34. The summed E-state index contributed by atoms with van der Waals surface area (Å²) in [4.78, 5) is 20.9. The molecule has 4 rings (SSSR count). The Morgan fingerprint density at radius 3 is 2.91 bits per heavy atom. The molecular formula is C22H25FN4O3S2. The Kier molecular flexibility index (Phi) is 7.64. The van der Waals surface area contributed by atoms with E-state index in [1.54, 1.807) is 24.0 Å². The van der Waals surface area contributed by atoms with E-state index in [9.17, 15) is 9.18 Å². The molecule has 7 nitrogen and oxygen atoms in total. The van der Waals surface area contributed by atoms with E-state index in [4.69, 9.17) is 9.15 Å². The highest BCUT2D eigenvalue weighted by molar-refractivity contribution is 8.00. The van der Waals surface area contributed by atoms with Gasteiger partial charge in [0.1, 0.15) is 5.76 Å². The smallest absolute Gasteiger partial charge is 0.325 e. The number of urea groups is 1. The molecule has 32 heavy (non-hydrogen) atoms. The van der Waals surface area contributed by atoms with E-state index in [0.29, 0.717) is 22.7 Å². The maximum atomic E-state index is 13.8. The summed E-state index contributed by atoms with van der Waals surface area (Å²) in [6.07, 6.45) is 11.0. The molecule has 0 unspecified atom stereocenters. The van der Waals surface area contributed by atoms with Gasteiger partial charge in [-0.1, -0.05) is 49.5 Å². The lowest BCUT2D eigenvalue weighted by Crippen LogP contribution is -2.19. The number of carbonyl (C=O) groups excluding carboxylic acids is 1. The average molecular weight is 477 g/mol. The number of rotatable bonds is 8. The molecule has 0 aliphatic heterocycles. The first-order chi connectivity index (χ1) is 15.6. The van der Waals surface area contributed by atoms with E-state index in [1.165, 1.54) is 62.7 Å². The van der Waals surface area contributed by atoms with Gasteiger partial charge in [-0.2, -0.15) is 0 Å². The molecule has 0 spiro atoms. The van der Waals surface area contributed by atoms with Gasteiger partial charge in [-0.05, 0) is 18.1 Å². The van der Waals surface area contributed by atoms with Crippen molar-refractivity contribution in [3.05, 3.63) is 48.1 Å². The Bertz CT molecular complexity index is 1050. The normalized spacial score (nSPS) is 14.3. The number of oxazole rings is 1. The number of ether oxygens (including phenoxy) is 1. The third kappa shape index (κ3) is 6.01. The minimum Gasteiger partial charge on any atom is -0.492 e. The van der Waals surface area contributed by atoms with Crippen LogP contribution in [0.2, 0.25) is 0 Å². The van der Waals surface area contributed by atoms with Crippen molar-refractivity contribution in [1.82, 2.24) is 9.97 Å². The topological polar surface area (TPSA) is 89.3 Å². The number of benzene rings is 1. The lowest BCUT2D eigenvalue weighted by Gasteiger charge is -2.19. The van der Waals surface area contributed by atoms with Gasteiger partial charge in [0, 0.05) is 6.42 Å². The number of nitrogens with one attached hydrogen (secondary N) is 2. The third-order valence-corrected chi connectivity index (χ3v) is 7.37. The SMILES string of the molecule is COc1c(F)cccc1NC(=O)Nc1ncc(SCc2ncc(CC3CCCCC3)o2)s1. The summed E-state index contributed by atoms with van der Waals surface area (Å²) in [7, 11) is 1.35. The molecule has 0 atom stereocenters. The lowest BCUT2D eigenvalue weighted by atomic mass is 9.86. The van der Waals surface area contributed by atoms with Gasteiger partial charge in [-0.3, -0.25) is 5.32 Å². The zero-order valence-corrected chi connectivity index (χ0v) is 19.4. The largest absolute Gasteiger partial charge is 0.492 e. The molecule has 1 aliphatic carbocycles. The molecule has 1 aliphatic rings. The molecule has 3 aromatic rings. The van der Waals surface area contributed by atoms with Crippen LogP contribution in [-0.4, -0.2) is 23.1 Å². The van der Waals surface area contributed by atoms with E-state index in [-0.39, 0.29) is 11.4 Å². The Morgan fingerprint density at radius 1 is 1.25 bits per heavy atom. The summed E-state index contributed by atoms with van der Waals surface area (Å²) in [6.45, 7) is 0. The fraction of sp³-hybridized carbons (Fsp3) is 0.409. The monoisotopic (exact) mass is 476 g/mol. The van der Waals surface area contributed by atoms with Gasteiger partial charge in [-0.15, -0.1) is 11.8 Å². The molecule has 0 bridgehead atoms. The summed E-state index contributed by atoms with van der Waals surface area (Å²) in [5.74, 6) is 2.39. The first-order valence-electron chi connectivity index (χ1n) is 10.5. The van der Waals surface area contributed by atoms with Crippen LogP contribution >= 0.6 is 23.1 Å². The Morgan fingerprint density at radius 2 is 2.09 bits per heavy atom. The molecule has 2 aromatic heterocycles. The van der Waals surface area contributed by atoms with Crippen LogP contribution < -0.4 is 15.4 Å². The Hall–Kier alpha value is -2.59. The molecule has 10 heteroatoms. The lowest BCUT2D eigenvalue weighted by molar-refractivity contribution is 0.262. The van der Waals surface area contributed by atoms with Crippen molar-refractivity contribution in [2.24, 2.45) is 5.92 Å². The van der Waals surface area contributed by atoms with Crippen molar-refractivity contribution in [1.29, 1.82) is 0 Å². The predicted molar refractivity (Wildman–Crippen MR) is 124 cm³/mol. The fourth-order valence-corrected chi connectivity index (χ4v) is 5.49. The van der Waals surface area contributed by atoms with E-state index in [2.05, 4.69) is 20.6 Å². The van der Waals surface area contributed by atoms with Crippen molar-refractivity contribution in [2.75, 3.05) is 17.7 Å². The van der Waals surface area contributed by atoms with Gasteiger partial charge in [-0.25, -0.2) is 19.2 Å². The molecule has 2 N–H and O–H groups in total. The van der Waals surface area contributed by atoms with Gasteiger partial charge in [0.15, 0.2) is 16.7 Å². The number of aromatic nitrogens is 2. The van der Waals surface area contributed by atoms with Crippen LogP contribution in [0.1, 0.15) is 43.8 Å². The maximum absolute atomic E-state index is 13.8. The molecule has 2 amide bonds. The number of anilines is 2. The molecular weight excluding hydrogens is 451 g/mol. The standard InChI is InChI=1S/C22H25FN4O3S2/c1-29-20-16(23)8-5-9-17(20)26-21(28)27-22-25-12-19(32-22)31-13-18-24-11-15(30-18)10-14-6-3-2-4-7-14/h5,8-9,11-12,14H,2-4,6-7,10,13H2,1H3,(H2,25,26,27,28). The van der Waals surface area contributed by atoms with Crippen LogP contribution in [-0.2, 0) is 12.2 Å². The molecule has 0 saturated heterocycles. The number of halogens is 1. The van der Waals surface area contributed by atoms with Gasteiger partial charge >= 0.3 is 6.03 Å². The quantitative estimate of drug-likeness (QED) is 0.369. The highest BCUT2D eigenvalue weighted by Crippen LogP contribution is 2.32. The summed E-state index contributed by atoms with van der Waals surface area (Å²) >= 11 is 2.90. The average Bonchev–Trinajstić information content (AvgIpc) is 3.42. The van der Waals surface area contributed by atoms with E-state index >= 15 is 0 Å². The van der Waals surface area contributed by atoms with E-state index < -0.39 is 11.8 Å². The number of methoxy groups -OCH3 is 1. The number of nitrogens with zero attached hydrogens (tertiary/aromatic N) is 2. The van der Waals surface area contributed by atoms with Gasteiger partial charge in [0.05, 0.1) is 35.2 Å². The second-order valence-electron chi connectivity index (χ2n) is 7.60. The first-order valence-corrected chi connectivity index (χ1v) is 12.3. The number of carbonyl (C=O) groups is 1. The summed E-state index contributed by atoms with van der Waals surface area (Å²) in [6, 6.07) is 3.79. The fourth-order valence-electron chi connectivity index (χ4n) is 3.77. The zero-order chi connectivity index (χ0) is 22.3. The van der Waals surface area contributed by atoms with E-state index in [0.717, 1.165) is 16.4 Å². The third-order valence-electron chi connectivity index (χ3n) is 5.28. The first kappa shape index (κ1) is 22.6. The molecule has 1 saturated carbocycles. The van der Waals surface area contributed by atoms with Crippen LogP contribution in [0.3, 0.4) is 0 Å². The van der Waals surface area contributed by atoms with Crippen molar-refractivity contribution < 1.29 is 18.3 Å². The summed E-state index contributed by atoms with van der Waals surface area (Å²) in [5, 5.41) is 5.67. The highest BCUT2D eigenvalue weighted by Gasteiger charge is 2.17. The zero-order valence-electron chi connectivity index (χ0n) is 17.7. The molecule has 0 radical (unpaired) electrons. The van der Waals surface area contributed by atoms with Crippen LogP contribution in [0.5, 0.6) is 5.75 Å². The highest BCUT2D eigenvalue weighted by atomic mass is 32.2. The van der Waals surface area contributed by atoms with Crippen molar-refractivity contribution >= 4 is 39.9 Å². The molecule has 2 heterocycles. The van der Waals surface area contributed by atoms with Crippen molar-refractivity contribution in [3.8, 4) is 5.75 Å². The van der Waals surface area contributed by atoms with Crippen LogP contribution in [0.25, 0.3) is 0 Å². The number of thiazole rings is 1. The molecule has 1 fully saturated rings. The van der Waals surface area contributed by atoms with E-state index in [1.807, 2.05) is 6.20 Å². The van der Waals surface area contributed by atoms with Gasteiger partial charge in [0.25, 0.3) is 0 Å². The number of amides is 2. The Labute approximate surface area is 194 Å². The van der Waals surface area contributed by atoms with Gasteiger partial charge in [0.2, 0.25) is 5.89 Å². The van der Waals surface area contributed by atoms with Crippen molar-refractivity contribution in [2.45, 2.75) is 48.5 Å². The second-order valence-corrected chi connectivity index (χ2v) is 9.91. The number of thioether (sulfide) groups is 1. The number of hydrogen-bond donors (Lipinski definition) is 2. The van der Waals surface area contributed by atoms with Crippen LogP contribution in [0.4, 0.5) is 20.0 Å². The number of hydrogen-bond acceptors (Lipinski definition) is 7. The van der Waals surface area contributed by atoms with Crippen LogP contribution in [0.15, 0.2) is 39.2 Å². The second kappa shape index (κ2) is 10.8. The number of para-hydroxylation sites is 1. The molecule has 1 aromatic carbocycles. The Balaban J connectivity index is 1.26. The van der Waals surface area contributed by atoms with Gasteiger partial charge < -0.3 is 14.5 Å². The van der Waals surface area contributed by atoms with Crippen LogP contribution in [0, 0.1) is 11.7 Å². The summed E-state index contributed by atoms with van der Waals surface area (Å²) < 4.78 is 25.6. The molecule has 170 valence electrons. The van der Waals surface area contributed by atoms with Crippen molar-refractivity contribution in [3.63, 3.8) is 0 Å². The minimum absolute atomic E-state index is 0.0214. The minimum atomic E-state index is -0.549. The maximum Gasteiger partial charge on any atom is 0.325 e. The summed E-state index contributed by atoms with van der Waals surface area (Å²) in [5.41, 5.74) is 0.240.